The maximum absolute atomic E-state index is 5.37. The minimum absolute atomic E-state index is 0.474. The summed E-state index contributed by atoms with van der Waals surface area (Å²) in [6.45, 7) is 0. The fraction of sp³-hybridized carbons (Fsp3) is 0. The van der Waals surface area contributed by atoms with Crippen LogP contribution >= 0.6 is 0 Å². The summed E-state index contributed by atoms with van der Waals surface area (Å²) in [6.07, 6.45) is 4.43. The summed E-state index contributed by atoms with van der Waals surface area (Å²) in [4.78, 5) is 7.81. The Kier molecular flexibility index (Phi) is 2.78. The predicted molar refractivity (Wildman–Crippen MR) is 49.5 cm³/mol. The van der Waals surface area contributed by atoms with Crippen molar-refractivity contribution in [2.24, 2.45) is 15.9 Å². The summed E-state index contributed by atoms with van der Waals surface area (Å²) in [6, 6.07) is 3.43. The molecule has 1 aromatic heterocycles. The molecule has 0 bridgehead atoms. The Hall–Kier alpha value is -1.91. The molecule has 0 fully saturated rings. The van der Waals surface area contributed by atoms with Crippen molar-refractivity contribution in [1.29, 1.82) is 0 Å². The first-order valence-corrected chi connectivity index (χ1v) is 3.30. The lowest BCUT2D eigenvalue weighted by molar-refractivity contribution is 1.27. The van der Waals surface area contributed by atoms with Crippen LogP contribution in [0.1, 0.15) is 0 Å². The van der Waals surface area contributed by atoms with Crippen LogP contribution in [0.15, 0.2) is 28.4 Å². The lowest BCUT2D eigenvalue weighted by Crippen LogP contribution is -1.87. The van der Waals surface area contributed by atoms with Gasteiger partial charge in [-0.1, -0.05) is 0 Å². The number of aliphatic imine (C=N–C) groups is 1. The van der Waals surface area contributed by atoms with Gasteiger partial charge in [0.05, 0.1) is 18.1 Å². The Morgan fingerprint density at radius 3 is 2.75 bits per heavy atom. The van der Waals surface area contributed by atoms with Crippen LogP contribution in [0, 0.1) is 0 Å². The van der Waals surface area contributed by atoms with E-state index in [0.29, 0.717) is 11.5 Å². The Morgan fingerprint density at radius 2 is 2.17 bits per heavy atom. The molecule has 0 saturated carbocycles. The largest absolute Gasteiger partial charge is 0.384 e. The van der Waals surface area contributed by atoms with E-state index in [1.807, 2.05) is 0 Å². The zero-order valence-electron chi connectivity index (χ0n) is 6.38. The first-order chi connectivity index (χ1) is 5.83. The van der Waals surface area contributed by atoms with E-state index in [4.69, 9.17) is 11.6 Å². The molecule has 0 aromatic carbocycles. The first-order valence-electron chi connectivity index (χ1n) is 3.30. The van der Waals surface area contributed by atoms with E-state index < -0.39 is 0 Å². The minimum Gasteiger partial charge on any atom is -0.384 e. The smallest absolute Gasteiger partial charge is 0.123 e. The molecule has 0 aliphatic rings. The van der Waals surface area contributed by atoms with E-state index in [0.717, 1.165) is 0 Å². The van der Waals surface area contributed by atoms with Crippen molar-refractivity contribution in [3.63, 3.8) is 0 Å². The van der Waals surface area contributed by atoms with Crippen LogP contribution in [0.4, 0.5) is 11.5 Å². The summed E-state index contributed by atoms with van der Waals surface area (Å²) >= 11 is 0. The van der Waals surface area contributed by atoms with Gasteiger partial charge in [0.15, 0.2) is 0 Å². The third kappa shape index (κ3) is 2.37. The number of hydrazone groups is 1. The van der Waals surface area contributed by atoms with Gasteiger partial charge in [0.25, 0.3) is 0 Å². The molecule has 5 heteroatoms. The number of nitrogen functional groups attached to an aromatic ring is 1. The highest BCUT2D eigenvalue weighted by molar-refractivity contribution is 6.16. The lowest BCUT2D eigenvalue weighted by Gasteiger charge is -1.91. The van der Waals surface area contributed by atoms with E-state index in [1.165, 1.54) is 12.4 Å². The summed E-state index contributed by atoms with van der Waals surface area (Å²) in [5, 5.41) is 3.25. The van der Waals surface area contributed by atoms with E-state index in [2.05, 4.69) is 15.1 Å². The lowest BCUT2D eigenvalue weighted by atomic mass is 10.4. The molecular weight excluding hydrogens is 154 g/mol. The van der Waals surface area contributed by atoms with Crippen LogP contribution in [-0.4, -0.2) is 17.4 Å². The van der Waals surface area contributed by atoms with Crippen LogP contribution in [0.2, 0.25) is 0 Å². The van der Waals surface area contributed by atoms with Gasteiger partial charge in [0.2, 0.25) is 0 Å². The predicted octanol–water partition coefficient (Wildman–Crippen LogP) is 0.311. The van der Waals surface area contributed by atoms with Gasteiger partial charge in [0.1, 0.15) is 5.82 Å². The van der Waals surface area contributed by atoms with Crippen molar-refractivity contribution in [1.82, 2.24) is 4.98 Å². The van der Waals surface area contributed by atoms with Crippen LogP contribution in [0.5, 0.6) is 0 Å². The molecule has 1 heterocycles. The molecule has 0 radical (unpaired) electrons. The summed E-state index contributed by atoms with van der Waals surface area (Å²) in [7, 11) is 0. The van der Waals surface area contributed by atoms with Gasteiger partial charge in [-0.3, -0.25) is 4.99 Å². The van der Waals surface area contributed by atoms with Gasteiger partial charge < -0.3 is 11.6 Å². The van der Waals surface area contributed by atoms with Gasteiger partial charge in [-0.15, -0.1) is 0 Å². The number of hydrogen-bond acceptors (Lipinski definition) is 5. The Morgan fingerprint density at radius 1 is 1.33 bits per heavy atom. The van der Waals surface area contributed by atoms with Gasteiger partial charge in [-0.05, 0) is 12.1 Å². The number of rotatable bonds is 2. The number of pyridine rings is 1. The second kappa shape index (κ2) is 4.07. The molecule has 0 unspecified atom stereocenters. The van der Waals surface area contributed by atoms with Crippen LogP contribution in [-0.2, 0) is 0 Å². The van der Waals surface area contributed by atoms with Crippen molar-refractivity contribution in [2.45, 2.75) is 0 Å². The van der Waals surface area contributed by atoms with Gasteiger partial charge in [-0.2, -0.15) is 5.10 Å². The second-order valence-corrected chi connectivity index (χ2v) is 2.02. The molecule has 0 saturated heterocycles. The standard InChI is InChI=1S/C7H9N5/c8-7-2-1-6(5-11-7)10-3-4-12-9/h1-5H,9H2,(H2,8,11)/b10-3?,12-4-. The fourth-order valence-corrected chi connectivity index (χ4v) is 0.632. The molecule has 5 nitrogen and oxygen atoms in total. The summed E-state index contributed by atoms with van der Waals surface area (Å²) < 4.78 is 0. The molecular formula is C7H9N5. The van der Waals surface area contributed by atoms with Crippen molar-refractivity contribution in [2.75, 3.05) is 5.73 Å². The van der Waals surface area contributed by atoms with Crippen LogP contribution < -0.4 is 11.6 Å². The monoisotopic (exact) mass is 163 g/mol. The Labute approximate surface area is 69.8 Å². The third-order valence-corrected chi connectivity index (χ3v) is 1.15. The number of nitrogens with two attached hydrogens (primary N) is 2. The highest BCUT2D eigenvalue weighted by Gasteiger charge is 1.86. The first kappa shape index (κ1) is 8.19. The van der Waals surface area contributed by atoms with Gasteiger partial charge in [-0.25, -0.2) is 4.98 Å². The number of hydrogen-bond donors (Lipinski definition) is 2. The molecule has 0 amide bonds. The Bertz CT molecular complexity index is 287. The molecule has 12 heavy (non-hydrogen) atoms. The number of aromatic nitrogens is 1. The SMILES string of the molecule is N/N=C\C=Nc1ccc(N)nc1. The molecule has 0 aliphatic heterocycles. The maximum atomic E-state index is 5.37. The van der Waals surface area contributed by atoms with Crippen molar-refractivity contribution < 1.29 is 0 Å². The highest BCUT2D eigenvalue weighted by atomic mass is 15.1. The zero-order valence-corrected chi connectivity index (χ0v) is 6.38. The van der Waals surface area contributed by atoms with Crippen LogP contribution in [0.3, 0.4) is 0 Å². The highest BCUT2D eigenvalue weighted by Crippen LogP contribution is 2.09. The van der Waals surface area contributed by atoms with E-state index in [9.17, 15) is 0 Å². The Balaban J connectivity index is 2.70. The molecule has 62 valence electrons. The zero-order chi connectivity index (χ0) is 8.81. The number of anilines is 1. The van der Waals surface area contributed by atoms with E-state index in [1.54, 1.807) is 18.3 Å². The van der Waals surface area contributed by atoms with E-state index in [-0.39, 0.29) is 0 Å². The molecule has 4 N–H and O–H groups in total. The molecule has 0 aliphatic carbocycles. The van der Waals surface area contributed by atoms with Crippen molar-refractivity contribution in [3.8, 4) is 0 Å². The minimum atomic E-state index is 0.474. The second-order valence-electron chi connectivity index (χ2n) is 2.02. The fourth-order valence-electron chi connectivity index (χ4n) is 0.632. The normalized spacial score (nSPS) is 11.3. The van der Waals surface area contributed by atoms with Crippen LogP contribution in [0.25, 0.3) is 0 Å². The topological polar surface area (TPSA) is 89.6 Å². The van der Waals surface area contributed by atoms with Crippen molar-refractivity contribution in [3.05, 3.63) is 18.3 Å². The molecule has 1 aromatic rings. The third-order valence-electron chi connectivity index (χ3n) is 1.15. The quantitative estimate of drug-likeness (QED) is 0.373. The molecule has 0 spiro atoms. The summed E-state index contributed by atoms with van der Waals surface area (Å²) in [5.41, 5.74) is 6.08. The van der Waals surface area contributed by atoms with E-state index >= 15 is 0 Å². The average Bonchev–Trinajstić information content (AvgIpc) is 2.09. The molecule has 1 rings (SSSR count). The van der Waals surface area contributed by atoms with Gasteiger partial charge in [0, 0.05) is 6.21 Å². The summed E-state index contributed by atoms with van der Waals surface area (Å²) in [5.74, 6) is 5.33. The maximum Gasteiger partial charge on any atom is 0.123 e. The average molecular weight is 163 g/mol. The van der Waals surface area contributed by atoms with Crippen molar-refractivity contribution >= 4 is 23.9 Å². The molecule has 0 atom stereocenters. The van der Waals surface area contributed by atoms with Gasteiger partial charge >= 0.3 is 0 Å². The number of nitrogens with zero attached hydrogens (tertiary/aromatic N) is 3.